The molecule has 0 aliphatic rings. The van der Waals surface area contributed by atoms with Gasteiger partial charge in [0.1, 0.15) is 0 Å². The molecular weight excluding hydrogens is 266 g/mol. The molecule has 0 saturated carbocycles. The van der Waals surface area contributed by atoms with Crippen molar-refractivity contribution in [3.05, 3.63) is 26.7 Å². The first-order valence-corrected chi connectivity index (χ1v) is 4.58. The zero-order chi connectivity index (χ0) is 9.30. The Labute approximate surface area is 88.4 Å². The van der Waals surface area contributed by atoms with E-state index in [2.05, 4.69) is 15.9 Å². The van der Waals surface area contributed by atoms with Crippen molar-refractivity contribution in [1.29, 1.82) is 0 Å². The molecule has 0 amide bonds. The highest BCUT2D eigenvalue weighted by atomic mass is 79.9. The number of halogens is 3. The van der Waals surface area contributed by atoms with E-state index >= 15 is 0 Å². The van der Waals surface area contributed by atoms with E-state index in [-0.39, 0.29) is 10.5 Å². The van der Waals surface area contributed by atoms with Gasteiger partial charge < -0.3 is 10.0 Å². The van der Waals surface area contributed by atoms with E-state index in [0.29, 0.717) is 9.50 Å². The van der Waals surface area contributed by atoms with Crippen LogP contribution < -0.4 is 5.46 Å². The summed E-state index contributed by atoms with van der Waals surface area (Å²) in [5.41, 5.74) is 0.223. The third-order valence-electron chi connectivity index (χ3n) is 1.30. The second kappa shape index (κ2) is 3.98. The van der Waals surface area contributed by atoms with Crippen molar-refractivity contribution >= 4 is 51.7 Å². The van der Waals surface area contributed by atoms with Crippen LogP contribution in [0, 0.1) is 0 Å². The van der Waals surface area contributed by atoms with Crippen LogP contribution in [-0.4, -0.2) is 17.2 Å². The molecule has 0 aliphatic heterocycles. The molecule has 0 saturated heterocycles. The SMILES string of the molecule is OB(O)c1c(Cl)cc(Cl)cc1Br. The van der Waals surface area contributed by atoms with Crippen LogP contribution >= 0.6 is 39.1 Å². The third-order valence-corrected chi connectivity index (χ3v) is 2.49. The Morgan fingerprint density at radius 2 is 1.83 bits per heavy atom. The number of hydrogen-bond donors (Lipinski definition) is 2. The van der Waals surface area contributed by atoms with Gasteiger partial charge in [0.2, 0.25) is 0 Å². The fourth-order valence-electron chi connectivity index (χ4n) is 0.800. The largest absolute Gasteiger partial charge is 0.491 e. The van der Waals surface area contributed by atoms with Crippen molar-refractivity contribution in [2.75, 3.05) is 0 Å². The van der Waals surface area contributed by atoms with Gasteiger partial charge in [-0.3, -0.25) is 0 Å². The summed E-state index contributed by atoms with van der Waals surface area (Å²) in [6.07, 6.45) is 0. The van der Waals surface area contributed by atoms with Crippen molar-refractivity contribution in [2.45, 2.75) is 0 Å². The van der Waals surface area contributed by atoms with Gasteiger partial charge in [-0.05, 0) is 12.1 Å². The molecule has 2 nitrogen and oxygen atoms in total. The summed E-state index contributed by atoms with van der Waals surface area (Å²) in [4.78, 5) is 0. The quantitative estimate of drug-likeness (QED) is 0.758. The van der Waals surface area contributed by atoms with Gasteiger partial charge in [0, 0.05) is 20.0 Å². The Hall–Kier alpha value is 0.265. The van der Waals surface area contributed by atoms with Gasteiger partial charge in [0.25, 0.3) is 0 Å². The maximum Gasteiger partial charge on any atom is 0.491 e. The molecular formula is C6H4BBrCl2O2. The van der Waals surface area contributed by atoms with Crippen LogP contribution in [-0.2, 0) is 0 Å². The van der Waals surface area contributed by atoms with E-state index in [9.17, 15) is 0 Å². The highest BCUT2D eigenvalue weighted by molar-refractivity contribution is 9.10. The third kappa shape index (κ3) is 2.15. The molecule has 0 aromatic heterocycles. The van der Waals surface area contributed by atoms with Gasteiger partial charge in [-0.2, -0.15) is 0 Å². The van der Waals surface area contributed by atoms with Crippen molar-refractivity contribution < 1.29 is 10.0 Å². The maximum absolute atomic E-state index is 8.87. The summed E-state index contributed by atoms with van der Waals surface area (Å²) in [7, 11) is -1.59. The van der Waals surface area contributed by atoms with Crippen molar-refractivity contribution in [3.8, 4) is 0 Å². The van der Waals surface area contributed by atoms with E-state index in [0.717, 1.165) is 0 Å². The molecule has 0 atom stereocenters. The van der Waals surface area contributed by atoms with E-state index in [4.69, 9.17) is 33.2 Å². The molecule has 12 heavy (non-hydrogen) atoms. The van der Waals surface area contributed by atoms with E-state index in [1.807, 2.05) is 0 Å². The Morgan fingerprint density at radius 1 is 1.25 bits per heavy atom. The van der Waals surface area contributed by atoms with Crippen molar-refractivity contribution in [1.82, 2.24) is 0 Å². The highest BCUT2D eigenvalue weighted by Crippen LogP contribution is 2.20. The van der Waals surface area contributed by atoms with Gasteiger partial charge >= 0.3 is 7.12 Å². The normalized spacial score (nSPS) is 10.1. The summed E-state index contributed by atoms with van der Waals surface area (Å²) < 4.78 is 0.481. The Kier molecular flexibility index (Phi) is 3.43. The fraction of sp³-hybridized carbons (Fsp3) is 0. The topological polar surface area (TPSA) is 40.5 Å². The van der Waals surface area contributed by atoms with Gasteiger partial charge in [-0.15, -0.1) is 0 Å². The van der Waals surface area contributed by atoms with E-state index in [1.54, 1.807) is 6.07 Å². The average Bonchev–Trinajstić information content (AvgIpc) is 1.82. The van der Waals surface area contributed by atoms with Crippen molar-refractivity contribution in [2.24, 2.45) is 0 Å². The number of benzene rings is 1. The zero-order valence-electron chi connectivity index (χ0n) is 5.76. The van der Waals surface area contributed by atoms with Gasteiger partial charge in [0.15, 0.2) is 0 Å². The number of hydrogen-bond acceptors (Lipinski definition) is 2. The molecule has 2 N–H and O–H groups in total. The first-order valence-electron chi connectivity index (χ1n) is 3.03. The van der Waals surface area contributed by atoms with Crippen LogP contribution in [0.5, 0.6) is 0 Å². The molecule has 0 spiro atoms. The second-order valence-corrected chi connectivity index (χ2v) is 3.85. The number of rotatable bonds is 1. The lowest BCUT2D eigenvalue weighted by atomic mass is 9.80. The highest BCUT2D eigenvalue weighted by Gasteiger charge is 2.19. The van der Waals surface area contributed by atoms with Crippen LogP contribution in [0.1, 0.15) is 0 Å². The van der Waals surface area contributed by atoms with Crippen LogP contribution in [0.3, 0.4) is 0 Å². The molecule has 0 radical (unpaired) electrons. The Balaban J connectivity index is 3.28. The van der Waals surface area contributed by atoms with Gasteiger partial charge in [0.05, 0.1) is 0 Å². The van der Waals surface area contributed by atoms with Gasteiger partial charge in [-0.1, -0.05) is 39.1 Å². The summed E-state index contributed by atoms with van der Waals surface area (Å²) in [6, 6.07) is 2.99. The summed E-state index contributed by atoms with van der Waals surface area (Å²) in [5, 5.41) is 18.4. The smallest absolute Gasteiger partial charge is 0.423 e. The Bertz CT molecular complexity index is 283. The fourth-order valence-corrected chi connectivity index (χ4v) is 2.30. The van der Waals surface area contributed by atoms with Crippen LogP contribution in [0.25, 0.3) is 0 Å². The lowest BCUT2D eigenvalue weighted by Gasteiger charge is -2.05. The predicted molar refractivity (Wildman–Crippen MR) is 54.0 cm³/mol. The van der Waals surface area contributed by atoms with E-state index < -0.39 is 7.12 Å². The van der Waals surface area contributed by atoms with Crippen LogP contribution in [0.4, 0.5) is 0 Å². The minimum absolute atomic E-state index is 0.223. The minimum Gasteiger partial charge on any atom is -0.423 e. The molecule has 0 fully saturated rings. The molecule has 0 aliphatic carbocycles. The molecule has 0 unspecified atom stereocenters. The molecule has 0 bridgehead atoms. The molecule has 1 aromatic rings. The molecule has 64 valence electrons. The predicted octanol–water partition coefficient (Wildman–Crippen LogP) is 1.44. The monoisotopic (exact) mass is 268 g/mol. The summed E-state index contributed by atoms with van der Waals surface area (Å²) >= 11 is 14.5. The minimum atomic E-state index is -1.59. The lowest BCUT2D eigenvalue weighted by molar-refractivity contribution is 0.425. The molecule has 0 heterocycles. The van der Waals surface area contributed by atoms with E-state index in [1.165, 1.54) is 6.07 Å². The first-order chi connectivity index (χ1) is 5.52. The Morgan fingerprint density at radius 3 is 2.25 bits per heavy atom. The standard InChI is InChI=1S/C6H4BBrCl2O2/c8-4-1-3(9)2-5(10)6(4)7(11)12/h1-2,11-12H. The average molecular weight is 270 g/mol. The summed E-state index contributed by atoms with van der Waals surface area (Å²) in [6.45, 7) is 0. The molecule has 6 heteroatoms. The maximum atomic E-state index is 8.87. The van der Waals surface area contributed by atoms with Gasteiger partial charge in [-0.25, -0.2) is 0 Å². The van der Waals surface area contributed by atoms with Crippen LogP contribution in [0.15, 0.2) is 16.6 Å². The lowest BCUT2D eigenvalue weighted by Crippen LogP contribution is -2.31. The zero-order valence-corrected chi connectivity index (χ0v) is 8.86. The first kappa shape index (κ1) is 10.3. The summed E-state index contributed by atoms with van der Waals surface area (Å²) in [5.74, 6) is 0. The van der Waals surface area contributed by atoms with Crippen LogP contribution in [0.2, 0.25) is 10.0 Å². The molecule has 1 rings (SSSR count). The second-order valence-electron chi connectivity index (χ2n) is 2.16. The molecule has 1 aromatic carbocycles. The van der Waals surface area contributed by atoms with Crippen molar-refractivity contribution in [3.63, 3.8) is 0 Å².